The molecule has 106 valence electrons. The molecule has 5 nitrogen and oxygen atoms in total. The maximum Gasteiger partial charge on any atom is 0.287 e. The number of aromatic nitrogens is 2. The van der Waals surface area contributed by atoms with Gasteiger partial charge in [0.15, 0.2) is 0 Å². The summed E-state index contributed by atoms with van der Waals surface area (Å²) >= 11 is 6.12. The van der Waals surface area contributed by atoms with Crippen molar-refractivity contribution in [2.75, 3.05) is 25.5 Å². The number of anilines is 1. The molecule has 1 aromatic heterocycles. The van der Waals surface area contributed by atoms with Crippen molar-refractivity contribution in [3.63, 3.8) is 0 Å². The van der Waals surface area contributed by atoms with Gasteiger partial charge in [0.25, 0.3) is 5.56 Å². The molecule has 6 heteroatoms. The molecule has 0 radical (unpaired) electrons. The van der Waals surface area contributed by atoms with Crippen molar-refractivity contribution in [3.05, 3.63) is 21.6 Å². The highest BCUT2D eigenvalue weighted by molar-refractivity contribution is 6.32. The molecule has 2 rings (SSSR count). The maximum atomic E-state index is 11.9. The monoisotopic (exact) mass is 284 g/mol. The first kappa shape index (κ1) is 14.3. The van der Waals surface area contributed by atoms with Crippen molar-refractivity contribution in [2.45, 2.75) is 38.8 Å². The van der Waals surface area contributed by atoms with Crippen LogP contribution in [0.1, 0.15) is 26.2 Å². The van der Waals surface area contributed by atoms with E-state index in [1.807, 2.05) is 6.92 Å². The average Bonchev–Trinajstić information content (AvgIpc) is 2.60. The molecule has 1 atom stereocenters. The van der Waals surface area contributed by atoms with Crippen LogP contribution in [0.4, 0.5) is 5.69 Å². The van der Waals surface area contributed by atoms with Gasteiger partial charge >= 0.3 is 0 Å². The van der Waals surface area contributed by atoms with Gasteiger partial charge in [0.1, 0.15) is 5.02 Å². The Morgan fingerprint density at radius 1 is 1.53 bits per heavy atom. The predicted octanol–water partition coefficient (Wildman–Crippen LogP) is 1.81. The summed E-state index contributed by atoms with van der Waals surface area (Å²) in [7, 11) is 2.12. The van der Waals surface area contributed by atoms with E-state index in [1.165, 1.54) is 17.5 Å². The Morgan fingerprint density at radius 3 is 3.05 bits per heavy atom. The minimum Gasteiger partial charge on any atom is -0.378 e. The molecule has 0 aromatic carbocycles. The van der Waals surface area contributed by atoms with Crippen molar-refractivity contribution in [3.8, 4) is 0 Å². The Hall–Kier alpha value is -1.07. The number of halogens is 1. The van der Waals surface area contributed by atoms with E-state index >= 15 is 0 Å². The molecule has 1 aliphatic rings. The number of hydrogen-bond donors (Lipinski definition) is 1. The third-order valence-corrected chi connectivity index (χ3v) is 3.88. The summed E-state index contributed by atoms with van der Waals surface area (Å²) in [6, 6.07) is 0.323. The number of nitrogens with one attached hydrogen (secondary N) is 1. The van der Waals surface area contributed by atoms with E-state index in [0.29, 0.717) is 18.3 Å². The van der Waals surface area contributed by atoms with Crippen molar-refractivity contribution in [1.82, 2.24) is 14.7 Å². The molecule has 1 aliphatic heterocycles. The summed E-state index contributed by atoms with van der Waals surface area (Å²) in [5.74, 6) is 0. The zero-order chi connectivity index (χ0) is 13.8. The third-order valence-electron chi connectivity index (χ3n) is 3.52. The summed E-state index contributed by atoms with van der Waals surface area (Å²) in [5, 5.41) is 7.71. The van der Waals surface area contributed by atoms with Gasteiger partial charge in [-0.25, -0.2) is 4.68 Å². The molecule has 2 heterocycles. The topological polar surface area (TPSA) is 50.2 Å². The quantitative estimate of drug-likeness (QED) is 0.920. The summed E-state index contributed by atoms with van der Waals surface area (Å²) in [5.41, 5.74) is 0.424. The summed E-state index contributed by atoms with van der Waals surface area (Å²) in [6.07, 6.45) is 5.16. The Bertz CT molecular complexity index is 488. The van der Waals surface area contributed by atoms with E-state index in [9.17, 15) is 4.79 Å². The average molecular weight is 285 g/mol. The SMILES string of the molecule is CCn1ncc(NC2CCCCN(C)C2)c(Cl)c1=O. The molecule has 0 bridgehead atoms. The van der Waals surface area contributed by atoms with E-state index < -0.39 is 0 Å². The Labute approximate surface area is 118 Å². The first-order valence-electron chi connectivity index (χ1n) is 6.82. The molecule has 0 amide bonds. The van der Waals surface area contributed by atoms with Crippen LogP contribution in [0.25, 0.3) is 0 Å². The number of likely N-dealkylation sites (tertiary alicyclic amines) is 1. The fourth-order valence-corrected chi connectivity index (χ4v) is 2.66. The van der Waals surface area contributed by atoms with Crippen LogP contribution in [0.3, 0.4) is 0 Å². The summed E-state index contributed by atoms with van der Waals surface area (Å²) in [4.78, 5) is 14.2. The summed E-state index contributed by atoms with van der Waals surface area (Å²) in [6.45, 7) is 4.50. The lowest BCUT2D eigenvalue weighted by atomic mass is 10.1. The standard InChI is InChI=1S/C13H21ClN4O/c1-3-18-13(19)12(14)11(8-15-18)16-10-6-4-5-7-17(2)9-10/h8,10,16H,3-7,9H2,1-2H3. The zero-order valence-electron chi connectivity index (χ0n) is 11.5. The largest absolute Gasteiger partial charge is 0.378 e. The van der Waals surface area contributed by atoms with Crippen molar-refractivity contribution in [1.29, 1.82) is 0 Å². The minimum atomic E-state index is -0.226. The summed E-state index contributed by atoms with van der Waals surface area (Å²) < 4.78 is 1.37. The molecule has 1 unspecified atom stereocenters. The molecule has 0 spiro atoms. The lowest BCUT2D eigenvalue weighted by Crippen LogP contribution is -2.33. The van der Waals surface area contributed by atoms with Crippen molar-refractivity contribution < 1.29 is 0 Å². The Balaban J connectivity index is 2.14. The van der Waals surface area contributed by atoms with Crippen molar-refractivity contribution >= 4 is 17.3 Å². The first-order valence-corrected chi connectivity index (χ1v) is 7.20. The predicted molar refractivity (Wildman–Crippen MR) is 77.9 cm³/mol. The van der Waals surface area contributed by atoms with Gasteiger partial charge in [-0.1, -0.05) is 18.0 Å². The highest BCUT2D eigenvalue weighted by Gasteiger charge is 2.17. The minimum absolute atomic E-state index is 0.226. The number of hydrogen-bond acceptors (Lipinski definition) is 4. The van der Waals surface area contributed by atoms with Gasteiger partial charge in [-0.3, -0.25) is 4.79 Å². The number of nitrogens with zero attached hydrogens (tertiary/aromatic N) is 3. The van der Waals surface area contributed by atoms with E-state index in [4.69, 9.17) is 11.6 Å². The number of likely N-dealkylation sites (N-methyl/N-ethyl adjacent to an activating group) is 1. The highest BCUT2D eigenvalue weighted by Crippen LogP contribution is 2.19. The van der Waals surface area contributed by atoms with Crippen LogP contribution in [0, 0.1) is 0 Å². The number of rotatable bonds is 3. The molecule has 1 saturated heterocycles. The fourth-order valence-electron chi connectivity index (χ4n) is 2.46. The second-order valence-corrected chi connectivity index (χ2v) is 5.47. The molecule has 1 aromatic rings. The second-order valence-electron chi connectivity index (χ2n) is 5.09. The van der Waals surface area contributed by atoms with Crippen LogP contribution in [-0.4, -0.2) is 40.9 Å². The highest BCUT2D eigenvalue weighted by atomic mass is 35.5. The van der Waals surface area contributed by atoms with E-state index in [2.05, 4.69) is 22.4 Å². The molecule has 0 aliphatic carbocycles. The first-order chi connectivity index (χ1) is 9.11. The van der Waals surface area contributed by atoms with Crippen LogP contribution in [-0.2, 0) is 6.54 Å². The van der Waals surface area contributed by atoms with Crippen molar-refractivity contribution in [2.24, 2.45) is 0 Å². The smallest absolute Gasteiger partial charge is 0.287 e. The molecule has 0 saturated carbocycles. The Kier molecular flexibility index (Phi) is 4.82. The van der Waals surface area contributed by atoms with E-state index in [-0.39, 0.29) is 10.6 Å². The van der Waals surface area contributed by atoms with Gasteiger partial charge < -0.3 is 10.2 Å². The van der Waals surface area contributed by atoms with Gasteiger partial charge in [-0.2, -0.15) is 5.10 Å². The molecular formula is C13H21ClN4O. The molecule has 19 heavy (non-hydrogen) atoms. The van der Waals surface area contributed by atoms with Crippen LogP contribution < -0.4 is 10.9 Å². The van der Waals surface area contributed by atoms with E-state index in [1.54, 1.807) is 6.20 Å². The van der Waals surface area contributed by atoms with Gasteiger partial charge in [0, 0.05) is 19.1 Å². The van der Waals surface area contributed by atoms with Gasteiger partial charge in [0.2, 0.25) is 0 Å². The second kappa shape index (κ2) is 6.39. The van der Waals surface area contributed by atoms with Crippen LogP contribution in [0.15, 0.2) is 11.0 Å². The van der Waals surface area contributed by atoms with Crippen LogP contribution >= 0.6 is 11.6 Å². The zero-order valence-corrected chi connectivity index (χ0v) is 12.3. The number of aryl methyl sites for hydroxylation is 1. The molecule has 1 fully saturated rings. The van der Waals surface area contributed by atoms with Gasteiger partial charge in [-0.15, -0.1) is 0 Å². The van der Waals surface area contributed by atoms with Gasteiger partial charge in [0.05, 0.1) is 11.9 Å². The normalized spacial score (nSPS) is 21.1. The Morgan fingerprint density at radius 2 is 2.32 bits per heavy atom. The lowest BCUT2D eigenvalue weighted by Gasteiger charge is -2.22. The fraction of sp³-hybridized carbons (Fsp3) is 0.692. The van der Waals surface area contributed by atoms with E-state index in [0.717, 1.165) is 19.5 Å². The maximum absolute atomic E-state index is 11.9. The third kappa shape index (κ3) is 3.48. The molecule has 1 N–H and O–H groups in total. The van der Waals surface area contributed by atoms with Gasteiger partial charge in [-0.05, 0) is 33.4 Å². The lowest BCUT2D eigenvalue weighted by molar-refractivity contribution is 0.339. The van der Waals surface area contributed by atoms with Crippen LogP contribution in [0.5, 0.6) is 0 Å². The van der Waals surface area contributed by atoms with Crippen LogP contribution in [0.2, 0.25) is 5.02 Å². The molecular weight excluding hydrogens is 264 g/mol.